The first-order valence-electron chi connectivity index (χ1n) is 9.16. The molecule has 0 aromatic heterocycles. The van der Waals surface area contributed by atoms with Gasteiger partial charge in [0.15, 0.2) is 5.11 Å². The number of rotatable bonds is 9. The molecule has 0 aliphatic rings. The molecule has 2 rings (SSSR count). The highest BCUT2D eigenvalue weighted by Crippen LogP contribution is 2.27. The summed E-state index contributed by atoms with van der Waals surface area (Å²) < 4.78 is 46.7. The number of benzene rings is 2. The van der Waals surface area contributed by atoms with Crippen LogP contribution in [0.15, 0.2) is 47.6 Å². The van der Waals surface area contributed by atoms with Gasteiger partial charge in [0.25, 0.3) is 0 Å². The van der Waals surface area contributed by atoms with E-state index in [0.717, 1.165) is 18.8 Å². The van der Waals surface area contributed by atoms with Crippen LogP contribution in [-0.2, 0) is 6.61 Å². The zero-order valence-electron chi connectivity index (χ0n) is 16.6. The molecule has 0 amide bonds. The van der Waals surface area contributed by atoms with E-state index in [2.05, 4.69) is 34.0 Å². The van der Waals surface area contributed by atoms with E-state index in [4.69, 9.17) is 22.7 Å². The van der Waals surface area contributed by atoms with Crippen LogP contribution in [0, 0.1) is 0 Å². The molecule has 0 bridgehead atoms. The van der Waals surface area contributed by atoms with Gasteiger partial charge < -0.3 is 20.1 Å². The lowest BCUT2D eigenvalue weighted by atomic mass is 10.1. The van der Waals surface area contributed by atoms with Crippen LogP contribution in [-0.4, -0.2) is 30.8 Å². The first kappa shape index (κ1) is 23.3. The number of nitrogens with one attached hydrogen (secondary N) is 1. The largest absolute Gasteiger partial charge is 0.573 e. The molecule has 0 unspecified atom stereocenters. The Balaban J connectivity index is 2.19. The van der Waals surface area contributed by atoms with Crippen LogP contribution >= 0.6 is 12.2 Å². The predicted octanol–water partition coefficient (Wildman–Crippen LogP) is 4.18. The highest BCUT2D eigenvalue weighted by molar-refractivity contribution is 7.80. The van der Waals surface area contributed by atoms with Crippen LogP contribution in [0.25, 0.3) is 0 Å². The van der Waals surface area contributed by atoms with E-state index in [1.807, 2.05) is 18.2 Å². The number of thiocarbonyl (C=S) groups is 1. The molecule has 3 N–H and O–H groups in total. The summed E-state index contributed by atoms with van der Waals surface area (Å²) in [6, 6.07) is 11.2. The van der Waals surface area contributed by atoms with Gasteiger partial charge in [-0.2, -0.15) is 5.10 Å². The van der Waals surface area contributed by atoms with Crippen molar-refractivity contribution in [1.82, 2.24) is 5.43 Å². The number of nitrogens with two attached hydrogens (primary N) is 1. The third-order valence-corrected chi connectivity index (χ3v) is 4.15. The number of hydrazone groups is 1. The molecular formula is C20H23F3N4O2S. The minimum Gasteiger partial charge on any atom is -0.488 e. The first-order valence-corrected chi connectivity index (χ1v) is 9.57. The molecule has 6 nitrogen and oxygen atoms in total. The average molecular weight is 440 g/mol. The van der Waals surface area contributed by atoms with Gasteiger partial charge in [0.2, 0.25) is 0 Å². The summed E-state index contributed by atoms with van der Waals surface area (Å²) in [5.74, 6) is 0.273. The molecule has 0 saturated heterocycles. The van der Waals surface area contributed by atoms with Crippen LogP contribution in [0.4, 0.5) is 18.9 Å². The van der Waals surface area contributed by atoms with Gasteiger partial charge in [0.1, 0.15) is 18.1 Å². The average Bonchev–Trinajstić information content (AvgIpc) is 2.68. The van der Waals surface area contributed by atoms with Crippen LogP contribution in [0.1, 0.15) is 25.0 Å². The molecule has 0 radical (unpaired) electrons. The number of hydrogen-bond donors (Lipinski definition) is 2. The summed E-state index contributed by atoms with van der Waals surface area (Å²) in [6.45, 7) is 5.91. The van der Waals surface area contributed by atoms with Crippen molar-refractivity contribution < 1.29 is 22.6 Å². The third-order valence-electron chi connectivity index (χ3n) is 4.06. The Kier molecular flexibility index (Phi) is 8.28. The summed E-state index contributed by atoms with van der Waals surface area (Å²) in [5.41, 5.74) is 10.2. The Labute approximate surface area is 178 Å². The summed E-state index contributed by atoms with van der Waals surface area (Å²) >= 11 is 4.72. The lowest BCUT2D eigenvalue weighted by Gasteiger charge is -2.22. The molecule has 2 aromatic carbocycles. The van der Waals surface area contributed by atoms with E-state index < -0.39 is 6.36 Å². The normalized spacial score (nSPS) is 11.4. The fourth-order valence-electron chi connectivity index (χ4n) is 2.65. The summed E-state index contributed by atoms with van der Waals surface area (Å²) in [7, 11) is 0. The molecule has 162 valence electrons. The maximum Gasteiger partial charge on any atom is 0.573 e. The van der Waals surface area contributed by atoms with Gasteiger partial charge in [-0.1, -0.05) is 12.1 Å². The molecule has 30 heavy (non-hydrogen) atoms. The quantitative estimate of drug-likeness (QED) is 0.346. The number of hydrogen-bond acceptors (Lipinski definition) is 5. The number of ether oxygens (including phenoxy) is 2. The molecule has 0 spiro atoms. The van der Waals surface area contributed by atoms with Gasteiger partial charge in [-0.05, 0) is 55.9 Å². The minimum absolute atomic E-state index is 0.0367. The van der Waals surface area contributed by atoms with Crippen LogP contribution in [0.3, 0.4) is 0 Å². The SMILES string of the molecule is CCN(CC)c1ccc(/C=N/NC(N)=S)c(OCc2ccc(OC(F)(F)F)cc2)c1. The van der Waals surface area contributed by atoms with E-state index >= 15 is 0 Å². The monoisotopic (exact) mass is 440 g/mol. The zero-order valence-corrected chi connectivity index (χ0v) is 17.4. The maximum absolute atomic E-state index is 12.3. The Morgan fingerprint density at radius 3 is 2.40 bits per heavy atom. The van der Waals surface area contributed by atoms with Gasteiger partial charge in [-0.3, -0.25) is 5.43 Å². The van der Waals surface area contributed by atoms with Crippen molar-refractivity contribution in [3.63, 3.8) is 0 Å². The Morgan fingerprint density at radius 1 is 1.17 bits per heavy atom. The second kappa shape index (κ2) is 10.7. The number of nitrogens with zero attached hydrogens (tertiary/aromatic N) is 2. The first-order chi connectivity index (χ1) is 14.2. The molecule has 0 aliphatic carbocycles. The van der Waals surface area contributed by atoms with Crippen molar-refractivity contribution in [3.05, 3.63) is 53.6 Å². The van der Waals surface area contributed by atoms with Crippen LogP contribution in [0.5, 0.6) is 11.5 Å². The third kappa shape index (κ3) is 7.43. The molecule has 0 fully saturated rings. The molecule has 0 atom stereocenters. The highest BCUT2D eigenvalue weighted by atomic mass is 32.1. The standard InChI is InChI=1S/C20H23F3N4O2S/c1-3-27(4-2)16-8-7-15(12-25-26-19(24)30)18(11-16)28-13-14-5-9-17(10-6-14)29-20(21,22)23/h5-12H,3-4,13H2,1-2H3,(H3,24,26,30)/b25-12+. The van der Waals surface area contributed by atoms with Gasteiger partial charge in [0, 0.05) is 30.4 Å². The van der Waals surface area contributed by atoms with Gasteiger partial charge >= 0.3 is 6.36 Å². The molecule has 10 heteroatoms. The topological polar surface area (TPSA) is 72.1 Å². The lowest BCUT2D eigenvalue weighted by Crippen LogP contribution is -2.24. The Morgan fingerprint density at radius 2 is 1.83 bits per heavy atom. The highest BCUT2D eigenvalue weighted by Gasteiger charge is 2.30. The fourth-order valence-corrected chi connectivity index (χ4v) is 2.71. The Hall–Kier alpha value is -3.01. The lowest BCUT2D eigenvalue weighted by molar-refractivity contribution is -0.274. The van der Waals surface area contributed by atoms with Crippen molar-refractivity contribution in [1.29, 1.82) is 0 Å². The fraction of sp³-hybridized carbons (Fsp3) is 0.300. The number of alkyl halides is 3. The zero-order chi connectivity index (χ0) is 22.1. The molecule has 0 heterocycles. The van der Waals surface area contributed by atoms with E-state index in [-0.39, 0.29) is 17.5 Å². The van der Waals surface area contributed by atoms with Gasteiger partial charge in [-0.25, -0.2) is 0 Å². The smallest absolute Gasteiger partial charge is 0.488 e. The Bertz CT molecular complexity index is 869. The molecule has 0 aliphatic heterocycles. The molecular weight excluding hydrogens is 417 g/mol. The number of anilines is 1. The van der Waals surface area contributed by atoms with Gasteiger partial charge in [0.05, 0.1) is 6.21 Å². The summed E-state index contributed by atoms with van der Waals surface area (Å²) in [6.07, 6.45) is -3.20. The van der Waals surface area contributed by atoms with Crippen LogP contribution in [0.2, 0.25) is 0 Å². The van der Waals surface area contributed by atoms with Crippen molar-refractivity contribution in [3.8, 4) is 11.5 Å². The van der Waals surface area contributed by atoms with E-state index in [1.165, 1.54) is 30.5 Å². The van der Waals surface area contributed by atoms with E-state index in [0.29, 0.717) is 16.9 Å². The van der Waals surface area contributed by atoms with Crippen molar-refractivity contribution in [2.45, 2.75) is 26.8 Å². The van der Waals surface area contributed by atoms with Crippen LogP contribution < -0.4 is 25.5 Å². The predicted molar refractivity (Wildman–Crippen MR) is 115 cm³/mol. The van der Waals surface area contributed by atoms with E-state index in [1.54, 1.807) is 0 Å². The van der Waals surface area contributed by atoms with Crippen molar-refractivity contribution in [2.75, 3.05) is 18.0 Å². The summed E-state index contributed by atoms with van der Waals surface area (Å²) in [5, 5.41) is 4.00. The van der Waals surface area contributed by atoms with Crippen molar-refractivity contribution in [2.24, 2.45) is 10.8 Å². The van der Waals surface area contributed by atoms with Crippen molar-refractivity contribution >= 4 is 29.2 Å². The molecule has 2 aromatic rings. The maximum atomic E-state index is 12.3. The van der Waals surface area contributed by atoms with Gasteiger partial charge in [-0.15, -0.1) is 13.2 Å². The molecule has 0 saturated carbocycles. The number of halogens is 3. The second-order valence-corrected chi connectivity index (χ2v) is 6.55. The van der Waals surface area contributed by atoms with E-state index in [9.17, 15) is 13.2 Å². The summed E-state index contributed by atoms with van der Waals surface area (Å²) in [4.78, 5) is 2.16. The minimum atomic E-state index is -4.73. The second-order valence-electron chi connectivity index (χ2n) is 6.11.